The summed E-state index contributed by atoms with van der Waals surface area (Å²) in [5.74, 6) is -0.393. The summed E-state index contributed by atoms with van der Waals surface area (Å²) in [4.78, 5) is 24.9. The van der Waals surface area contributed by atoms with E-state index in [-0.39, 0.29) is 0 Å². The molecule has 2 N–H and O–H groups in total. The number of benzene rings is 2. The van der Waals surface area contributed by atoms with Gasteiger partial charge in [-0.15, -0.1) is 0 Å². The summed E-state index contributed by atoms with van der Waals surface area (Å²) in [5, 5.41) is 14.7. The van der Waals surface area contributed by atoms with Crippen LogP contribution in [0.2, 0.25) is 0 Å². The molecule has 3 rings (SSSR count). The number of furan rings is 1. The Labute approximate surface area is 167 Å². The van der Waals surface area contributed by atoms with E-state index in [2.05, 4.69) is 10.6 Å². The number of nitrogens with zero attached hydrogens (tertiary/aromatic N) is 1. The van der Waals surface area contributed by atoms with Gasteiger partial charge in [0.1, 0.15) is 5.76 Å². The number of carbonyl (C=O) groups excluding carboxylic acids is 2. The Morgan fingerprint density at radius 2 is 1.97 bits per heavy atom. The lowest BCUT2D eigenvalue weighted by Gasteiger charge is -2.15. The summed E-state index contributed by atoms with van der Waals surface area (Å²) < 4.78 is 10.6. The predicted octanol–water partition coefficient (Wildman–Crippen LogP) is 3.95. The van der Waals surface area contributed by atoms with Gasteiger partial charge in [-0.05, 0) is 49.4 Å². The van der Waals surface area contributed by atoms with Gasteiger partial charge in [-0.25, -0.2) is 4.79 Å². The van der Waals surface area contributed by atoms with Crippen LogP contribution in [0.1, 0.15) is 28.6 Å². The van der Waals surface area contributed by atoms with Crippen LogP contribution in [0.25, 0.3) is 0 Å². The van der Waals surface area contributed by atoms with E-state index in [0.717, 1.165) is 5.76 Å². The largest absolute Gasteiger partial charge is 0.467 e. The number of hydrogen-bond donors (Lipinski definition) is 2. The van der Waals surface area contributed by atoms with Crippen molar-refractivity contribution < 1.29 is 18.7 Å². The van der Waals surface area contributed by atoms with Gasteiger partial charge < -0.3 is 19.8 Å². The molecule has 0 radical (unpaired) electrons. The molecule has 0 bridgehead atoms. The number of anilines is 2. The fourth-order valence-corrected chi connectivity index (χ4v) is 2.60. The van der Waals surface area contributed by atoms with Gasteiger partial charge in [-0.3, -0.25) is 4.79 Å². The Morgan fingerprint density at radius 1 is 1.14 bits per heavy atom. The van der Waals surface area contributed by atoms with Crippen LogP contribution in [-0.2, 0) is 16.1 Å². The molecule has 7 heteroatoms. The van der Waals surface area contributed by atoms with E-state index >= 15 is 0 Å². The molecule has 1 heterocycles. The van der Waals surface area contributed by atoms with Crippen molar-refractivity contribution in [1.29, 1.82) is 5.26 Å². The van der Waals surface area contributed by atoms with Gasteiger partial charge in [0, 0.05) is 11.4 Å². The molecule has 0 aliphatic heterocycles. The van der Waals surface area contributed by atoms with Gasteiger partial charge in [0.05, 0.1) is 30.0 Å². The lowest BCUT2D eigenvalue weighted by Crippen LogP contribution is -2.30. The van der Waals surface area contributed by atoms with Gasteiger partial charge in [0.15, 0.2) is 6.10 Å². The lowest BCUT2D eigenvalue weighted by atomic mass is 10.1. The first-order chi connectivity index (χ1) is 14.1. The summed E-state index contributed by atoms with van der Waals surface area (Å²) in [6.07, 6.45) is 0.551. The van der Waals surface area contributed by atoms with Crippen LogP contribution in [-0.4, -0.2) is 18.0 Å². The Kier molecular flexibility index (Phi) is 6.28. The fourth-order valence-electron chi connectivity index (χ4n) is 2.60. The van der Waals surface area contributed by atoms with Crippen molar-refractivity contribution in [3.05, 3.63) is 83.8 Å². The van der Waals surface area contributed by atoms with Gasteiger partial charge >= 0.3 is 5.97 Å². The minimum Gasteiger partial charge on any atom is -0.467 e. The minimum absolute atomic E-state index is 0.310. The quantitative estimate of drug-likeness (QED) is 0.593. The predicted molar refractivity (Wildman–Crippen MR) is 107 cm³/mol. The zero-order chi connectivity index (χ0) is 20.6. The molecule has 0 saturated carbocycles. The SMILES string of the molecule is C[C@H](OC(=O)c1ccccc1NCc1ccco1)C(=O)Nc1cccc(C#N)c1. The second-order valence-electron chi connectivity index (χ2n) is 6.21. The van der Waals surface area contributed by atoms with Crippen molar-refractivity contribution >= 4 is 23.3 Å². The number of nitriles is 1. The molecule has 0 spiro atoms. The van der Waals surface area contributed by atoms with E-state index in [1.54, 1.807) is 60.9 Å². The second kappa shape index (κ2) is 9.24. The molecule has 1 amide bonds. The number of esters is 1. The summed E-state index contributed by atoms with van der Waals surface area (Å²) in [5.41, 5.74) is 1.76. The van der Waals surface area contributed by atoms with Crippen LogP contribution in [0.4, 0.5) is 11.4 Å². The molecule has 29 heavy (non-hydrogen) atoms. The third kappa shape index (κ3) is 5.23. The first-order valence-corrected chi connectivity index (χ1v) is 8.94. The standard InChI is InChI=1S/C22H19N3O4/c1-15(21(26)25-17-7-4-6-16(12-17)13-23)29-22(27)19-9-2-3-10-20(19)24-14-18-8-5-11-28-18/h2-12,15,24H,14H2,1H3,(H,25,26)/t15-/m0/s1. The molecule has 1 atom stereocenters. The summed E-state index contributed by atoms with van der Waals surface area (Å²) >= 11 is 0. The highest BCUT2D eigenvalue weighted by Crippen LogP contribution is 2.19. The molecule has 3 aromatic rings. The normalized spacial score (nSPS) is 11.2. The van der Waals surface area contributed by atoms with Crippen LogP contribution in [0.5, 0.6) is 0 Å². The molecule has 0 aliphatic rings. The molecule has 0 saturated heterocycles. The topological polar surface area (TPSA) is 104 Å². The van der Waals surface area contributed by atoms with Crippen molar-refractivity contribution in [2.75, 3.05) is 10.6 Å². The maximum atomic E-state index is 12.6. The minimum atomic E-state index is -1.02. The number of ether oxygens (including phenoxy) is 1. The van der Waals surface area contributed by atoms with Crippen LogP contribution < -0.4 is 10.6 Å². The molecule has 7 nitrogen and oxygen atoms in total. The highest BCUT2D eigenvalue weighted by molar-refractivity contribution is 5.99. The average molecular weight is 389 g/mol. The van der Waals surface area contributed by atoms with Crippen molar-refractivity contribution in [3.63, 3.8) is 0 Å². The molecule has 2 aromatic carbocycles. The Balaban J connectivity index is 1.63. The zero-order valence-electron chi connectivity index (χ0n) is 15.7. The van der Waals surface area contributed by atoms with E-state index < -0.39 is 18.0 Å². The first-order valence-electron chi connectivity index (χ1n) is 8.94. The second-order valence-corrected chi connectivity index (χ2v) is 6.21. The van der Waals surface area contributed by atoms with Gasteiger partial charge in [-0.1, -0.05) is 18.2 Å². The molecule has 0 aliphatic carbocycles. The van der Waals surface area contributed by atoms with E-state index in [1.165, 1.54) is 6.92 Å². The number of para-hydroxylation sites is 1. The van der Waals surface area contributed by atoms with Crippen LogP contribution >= 0.6 is 0 Å². The average Bonchev–Trinajstić information content (AvgIpc) is 3.26. The number of rotatable bonds is 7. The van der Waals surface area contributed by atoms with Crippen LogP contribution in [0.15, 0.2) is 71.3 Å². The first kappa shape index (κ1) is 19.7. The number of nitrogens with one attached hydrogen (secondary N) is 2. The van der Waals surface area contributed by atoms with Gasteiger partial charge in [0.2, 0.25) is 0 Å². The summed E-state index contributed by atoms with van der Waals surface area (Å²) in [7, 11) is 0. The maximum absolute atomic E-state index is 12.6. The monoisotopic (exact) mass is 389 g/mol. The summed E-state index contributed by atoms with van der Waals surface area (Å²) in [6, 6.07) is 19.0. The van der Waals surface area contributed by atoms with Crippen molar-refractivity contribution in [2.45, 2.75) is 19.6 Å². The Hall–Kier alpha value is -4.05. The number of hydrogen-bond acceptors (Lipinski definition) is 6. The van der Waals surface area contributed by atoms with Gasteiger partial charge in [0.25, 0.3) is 5.91 Å². The molecule has 1 aromatic heterocycles. The molecule has 146 valence electrons. The number of amides is 1. The molecule has 0 unspecified atom stereocenters. The smallest absolute Gasteiger partial charge is 0.341 e. The van der Waals surface area contributed by atoms with Crippen molar-refractivity contribution in [2.24, 2.45) is 0 Å². The highest BCUT2D eigenvalue weighted by Gasteiger charge is 2.21. The van der Waals surface area contributed by atoms with E-state index in [1.807, 2.05) is 12.1 Å². The van der Waals surface area contributed by atoms with E-state index in [4.69, 9.17) is 14.4 Å². The third-order valence-electron chi connectivity index (χ3n) is 4.09. The van der Waals surface area contributed by atoms with Crippen LogP contribution in [0.3, 0.4) is 0 Å². The Bertz CT molecular complexity index is 1040. The van der Waals surface area contributed by atoms with Gasteiger partial charge in [-0.2, -0.15) is 5.26 Å². The maximum Gasteiger partial charge on any atom is 0.341 e. The molecular weight excluding hydrogens is 370 g/mol. The molecular formula is C22H19N3O4. The fraction of sp³-hybridized carbons (Fsp3) is 0.136. The molecule has 0 fully saturated rings. The van der Waals surface area contributed by atoms with Crippen LogP contribution in [0, 0.1) is 11.3 Å². The Morgan fingerprint density at radius 3 is 2.72 bits per heavy atom. The number of carbonyl (C=O) groups is 2. The zero-order valence-corrected chi connectivity index (χ0v) is 15.7. The van der Waals surface area contributed by atoms with Crippen molar-refractivity contribution in [1.82, 2.24) is 0 Å². The van der Waals surface area contributed by atoms with E-state index in [0.29, 0.717) is 29.0 Å². The van der Waals surface area contributed by atoms with E-state index in [9.17, 15) is 9.59 Å². The van der Waals surface area contributed by atoms with Crippen molar-refractivity contribution in [3.8, 4) is 6.07 Å². The lowest BCUT2D eigenvalue weighted by molar-refractivity contribution is -0.123. The summed E-state index contributed by atoms with van der Waals surface area (Å²) in [6.45, 7) is 1.89. The third-order valence-corrected chi connectivity index (χ3v) is 4.09. The highest BCUT2D eigenvalue weighted by atomic mass is 16.5.